The Balaban J connectivity index is 2.06. The zero-order valence-electron chi connectivity index (χ0n) is 18.1. The van der Waals surface area contributed by atoms with Crippen molar-refractivity contribution >= 4 is 11.8 Å². The number of aliphatic hydroxyl groups excluding tert-OH is 1. The maximum absolute atomic E-state index is 12.9. The summed E-state index contributed by atoms with van der Waals surface area (Å²) in [5.41, 5.74) is 6.09. The second-order valence-electron chi connectivity index (χ2n) is 7.56. The molecule has 0 bridgehead atoms. The summed E-state index contributed by atoms with van der Waals surface area (Å²) >= 11 is 0. The SMILES string of the molecule is C[C@H](CO)NC(=O)c1cnc(Oc2ccc(C(F)(F)F)cc2)c(-c2ccccc2CC(N)=O)c1. The highest BCUT2D eigenvalue weighted by Gasteiger charge is 2.30. The maximum Gasteiger partial charge on any atom is 0.416 e. The van der Waals surface area contributed by atoms with Crippen molar-refractivity contribution in [3.63, 3.8) is 0 Å². The van der Waals surface area contributed by atoms with Gasteiger partial charge in [0, 0.05) is 17.8 Å². The lowest BCUT2D eigenvalue weighted by Crippen LogP contribution is -2.35. The van der Waals surface area contributed by atoms with E-state index in [1.54, 1.807) is 31.2 Å². The highest BCUT2D eigenvalue weighted by atomic mass is 19.4. The molecule has 0 saturated heterocycles. The molecular weight excluding hydrogens is 451 g/mol. The van der Waals surface area contributed by atoms with Gasteiger partial charge in [0.1, 0.15) is 5.75 Å². The van der Waals surface area contributed by atoms with Gasteiger partial charge in [-0.2, -0.15) is 13.2 Å². The minimum atomic E-state index is -4.49. The smallest absolute Gasteiger partial charge is 0.416 e. The van der Waals surface area contributed by atoms with Gasteiger partial charge in [0.15, 0.2) is 0 Å². The number of nitrogens with two attached hydrogens (primary N) is 1. The molecule has 0 unspecified atom stereocenters. The molecule has 1 atom stereocenters. The summed E-state index contributed by atoms with van der Waals surface area (Å²) < 4.78 is 44.4. The van der Waals surface area contributed by atoms with E-state index in [9.17, 15) is 27.9 Å². The summed E-state index contributed by atoms with van der Waals surface area (Å²) in [5, 5.41) is 11.8. The van der Waals surface area contributed by atoms with Gasteiger partial charge in [-0.25, -0.2) is 4.98 Å². The first-order valence-electron chi connectivity index (χ1n) is 10.2. The number of nitrogens with one attached hydrogen (secondary N) is 1. The highest BCUT2D eigenvalue weighted by Crippen LogP contribution is 2.36. The van der Waals surface area contributed by atoms with Crippen molar-refractivity contribution < 1.29 is 32.6 Å². The van der Waals surface area contributed by atoms with Crippen molar-refractivity contribution in [2.45, 2.75) is 25.6 Å². The minimum Gasteiger partial charge on any atom is -0.438 e. The van der Waals surface area contributed by atoms with Crippen molar-refractivity contribution in [2.75, 3.05) is 6.61 Å². The molecule has 0 aliphatic carbocycles. The van der Waals surface area contributed by atoms with Crippen LogP contribution in [0.3, 0.4) is 0 Å². The number of hydrogen-bond acceptors (Lipinski definition) is 5. The first kappa shape index (κ1) is 24.7. The molecule has 1 aromatic heterocycles. The summed E-state index contributed by atoms with van der Waals surface area (Å²) in [7, 11) is 0. The van der Waals surface area contributed by atoms with E-state index in [2.05, 4.69) is 10.3 Å². The molecule has 0 aliphatic heterocycles. The molecule has 0 fully saturated rings. The second kappa shape index (κ2) is 10.3. The number of carbonyl (C=O) groups is 2. The van der Waals surface area contributed by atoms with Gasteiger partial charge < -0.3 is 20.9 Å². The van der Waals surface area contributed by atoms with Gasteiger partial charge in [-0.1, -0.05) is 24.3 Å². The Hall–Kier alpha value is -3.92. The zero-order chi connectivity index (χ0) is 24.9. The van der Waals surface area contributed by atoms with E-state index in [0.717, 1.165) is 24.3 Å². The lowest BCUT2D eigenvalue weighted by molar-refractivity contribution is -0.137. The van der Waals surface area contributed by atoms with Crippen LogP contribution in [0.25, 0.3) is 11.1 Å². The molecule has 0 aliphatic rings. The topological polar surface area (TPSA) is 115 Å². The maximum atomic E-state index is 12.9. The van der Waals surface area contributed by atoms with Crippen molar-refractivity contribution in [1.82, 2.24) is 10.3 Å². The normalized spacial score (nSPS) is 12.1. The van der Waals surface area contributed by atoms with E-state index in [1.165, 1.54) is 12.3 Å². The predicted molar refractivity (Wildman–Crippen MR) is 118 cm³/mol. The van der Waals surface area contributed by atoms with Crippen molar-refractivity contribution in [3.05, 3.63) is 77.5 Å². The highest BCUT2D eigenvalue weighted by molar-refractivity contribution is 5.96. The number of hydrogen-bond donors (Lipinski definition) is 3. The third kappa shape index (κ3) is 6.10. The van der Waals surface area contributed by atoms with Crippen LogP contribution in [0.1, 0.15) is 28.4 Å². The number of rotatable bonds is 8. The fourth-order valence-electron chi connectivity index (χ4n) is 3.15. The summed E-state index contributed by atoms with van der Waals surface area (Å²) in [6.07, 6.45) is -3.33. The van der Waals surface area contributed by atoms with E-state index >= 15 is 0 Å². The quantitative estimate of drug-likeness (QED) is 0.462. The number of amides is 2. The Labute approximate surface area is 193 Å². The molecule has 3 rings (SSSR count). The Morgan fingerprint density at radius 3 is 2.41 bits per heavy atom. The number of carbonyl (C=O) groups excluding carboxylic acids is 2. The van der Waals surface area contributed by atoms with Crippen molar-refractivity contribution in [3.8, 4) is 22.8 Å². The largest absolute Gasteiger partial charge is 0.438 e. The standard InChI is InChI=1S/C24H22F3N3O4/c1-14(13-31)30-22(33)16-10-20(19-5-3-2-4-15(19)11-21(28)32)23(29-12-16)34-18-8-6-17(7-9-18)24(25,26)27/h2-10,12,14,31H,11,13H2,1H3,(H2,28,32)(H,30,33)/t14-/m1/s1. The van der Waals surface area contributed by atoms with Gasteiger partial charge >= 0.3 is 6.18 Å². The summed E-state index contributed by atoms with van der Waals surface area (Å²) in [6, 6.07) is 11.9. The van der Waals surface area contributed by atoms with E-state index in [-0.39, 0.29) is 30.2 Å². The number of primary amides is 1. The van der Waals surface area contributed by atoms with Gasteiger partial charge in [-0.15, -0.1) is 0 Å². The van der Waals surface area contributed by atoms with Crippen LogP contribution < -0.4 is 15.8 Å². The number of halogens is 3. The molecule has 7 nitrogen and oxygen atoms in total. The fraction of sp³-hybridized carbons (Fsp3) is 0.208. The van der Waals surface area contributed by atoms with Crippen LogP contribution in [-0.4, -0.2) is 34.6 Å². The van der Waals surface area contributed by atoms with Crippen LogP contribution in [0.2, 0.25) is 0 Å². The first-order chi connectivity index (χ1) is 16.1. The molecule has 2 amide bonds. The Kier molecular flexibility index (Phi) is 7.52. The van der Waals surface area contributed by atoms with Crippen LogP contribution in [0, 0.1) is 0 Å². The van der Waals surface area contributed by atoms with Crippen LogP contribution in [0.5, 0.6) is 11.6 Å². The number of aromatic nitrogens is 1. The average Bonchev–Trinajstić information content (AvgIpc) is 2.79. The van der Waals surface area contributed by atoms with Crippen LogP contribution in [-0.2, 0) is 17.4 Å². The molecule has 0 saturated carbocycles. The number of aliphatic hydroxyl groups is 1. The molecule has 1 heterocycles. The number of nitrogens with zero attached hydrogens (tertiary/aromatic N) is 1. The predicted octanol–water partition coefficient (Wildman–Crippen LogP) is 3.70. The van der Waals surface area contributed by atoms with E-state index in [1.807, 2.05) is 0 Å². The molecule has 4 N–H and O–H groups in total. The lowest BCUT2D eigenvalue weighted by atomic mass is 9.97. The van der Waals surface area contributed by atoms with Crippen molar-refractivity contribution in [2.24, 2.45) is 5.73 Å². The third-order valence-electron chi connectivity index (χ3n) is 4.83. The van der Waals surface area contributed by atoms with Gasteiger partial charge in [-0.3, -0.25) is 9.59 Å². The zero-order valence-corrected chi connectivity index (χ0v) is 18.1. The summed E-state index contributed by atoms with van der Waals surface area (Å²) in [5.74, 6) is -0.955. The molecule has 0 radical (unpaired) electrons. The molecule has 3 aromatic rings. The van der Waals surface area contributed by atoms with E-state index in [4.69, 9.17) is 10.5 Å². The van der Waals surface area contributed by atoms with E-state index in [0.29, 0.717) is 16.7 Å². The van der Waals surface area contributed by atoms with Gasteiger partial charge in [0.2, 0.25) is 11.8 Å². The Bertz CT molecular complexity index is 1180. The van der Waals surface area contributed by atoms with Gasteiger partial charge in [0.25, 0.3) is 5.91 Å². The second-order valence-corrected chi connectivity index (χ2v) is 7.56. The van der Waals surface area contributed by atoms with Crippen LogP contribution >= 0.6 is 0 Å². The van der Waals surface area contributed by atoms with Gasteiger partial charge in [-0.05, 0) is 48.4 Å². The minimum absolute atomic E-state index is 0.0171. The van der Waals surface area contributed by atoms with E-state index < -0.39 is 29.6 Å². The van der Waals surface area contributed by atoms with Crippen LogP contribution in [0.4, 0.5) is 13.2 Å². The molecule has 34 heavy (non-hydrogen) atoms. The Morgan fingerprint density at radius 1 is 1.12 bits per heavy atom. The molecule has 178 valence electrons. The first-order valence-corrected chi connectivity index (χ1v) is 10.2. The third-order valence-corrected chi connectivity index (χ3v) is 4.83. The monoisotopic (exact) mass is 473 g/mol. The van der Waals surface area contributed by atoms with Crippen molar-refractivity contribution in [1.29, 1.82) is 0 Å². The molecular formula is C24H22F3N3O4. The number of benzene rings is 2. The molecule has 0 spiro atoms. The number of pyridine rings is 1. The Morgan fingerprint density at radius 2 is 1.79 bits per heavy atom. The molecule has 10 heteroatoms. The summed E-state index contributed by atoms with van der Waals surface area (Å²) in [6.45, 7) is 1.36. The number of alkyl halides is 3. The lowest BCUT2D eigenvalue weighted by Gasteiger charge is -2.16. The average molecular weight is 473 g/mol. The van der Waals surface area contributed by atoms with Gasteiger partial charge in [0.05, 0.1) is 24.2 Å². The fourth-order valence-corrected chi connectivity index (χ4v) is 3.15. The molecule has 2 aromatic carbocycles. The summed E-state index contributed by atoms with van der Waals surface area (Å²) in [4.78, 5) is 28.4. The van der Waals surface area contributed by atoms with Crippen LogP contribution in [0.15, 0.2) is 60.8 Å². The number of ether oxygens (including phenoxy) is 1.